The Morgan fingerprint density at radius 1 is 1.39 bits per heavy atom. The van der Waals surface area contributed by atoms with Crippen molar-refractivity contribution in [2.75, 3.05) is 19.7 Å². The minimum Gasteiger partial charge on any atom is -0.477 e. The van der Waals surface area contributed by atoms with Gasteiger partial charge in [0, 0.05) is 30.1 Å². The number of hydrogen-bond acceptors (Lipinski definition) is 6. The van der Waals surface area contributed by atoms with E-state index in [-0.39, 0.29) is 11.3 Å². The summed E-state index contributed by atoms with van der Waals surface area (Å²) >= 11 is 0. The van der Waals surface area contributed by atoms with Gasteiger partial charge in [0.15, 0.2) is 5.82 Å². The number of aromatic nitrogens is 3. The molecule has 0 spiro atoms. The molecule has 23 heavy (non-hydrogen) atoms. The number of pyridine rings is 1. The first-order chi connectivity index (χ1) is 11.1. The lowest BCUT2D eigenvalue weighted by atomic mass is 9.84. The normalized spacial score (nSPS) is 21.6. The topological polar surface area (TPSA) is 73.1 Å². The van der Waals surface area contributed by atoms with E-state index in [0.717, 1.165) is 18.7 Å². The third-order valence-electron chi connectivity index (χ3n) is 4.20. The summed E-state index contributed by atoms with van der Waals surface area (Å²) < 4.78 is 11.1. The minimum atomic E-state index is 0.178. The number of ether oxygens (including phenoxy) is 1. The fraction of sp³-hybridized carbons (Fsp3) is 0.588. The van der Waals surface area contributed by atoms with Crippen molar-refractivity contribution in [3.05, 3.63) is 24.2 Å². The van der Waals surface area contributed by atoms with E-state index < -0.39 is 0 Å². The lowest BCUT2D eigenvalue weighted by Crippen LogP contribution is -2.41. The van der Waals surface area contributed by atoms with E-state index in [1.54, 1.807) is 6.20 Å². The molecule has 1 fully saturated rings. The van der Waals surface area contributed by atoms with Crippen molar-refractivity contribution in [3.63, 3.8) is 0 Å². The van der Waals surface area contributed by atoms with Gasteiger partial charge in [0.1, 0.15) is 0 Å². The number of hydrogen-bond donors (Lipinski definition) is 1. The molecule has 1 saturated heterocycles. The molecule has 3 heterocycles. The van der Waals surface area contributed by atoms with Gasteiger partial charge in [-0.05, 0) is 25.5 Å². The van der Waals surface area contributed by atoms with Gasteiger partial charge in [-0.15, -0.1) is 0 Å². The Balaban J connectivity index is 1.62. The van der Waals surface area contributed by atoms with E-state index in [1.165, 1.54) is 12.8 Å². The standard InChI is InChI=1S/C17H24N4O2/c1-12(2)15-20-16(23-21-15)13-5-6-14(19-9-13)22-11-17(3)7-4-8-18-10-17/h5-6,9,12,18H,4,7-8,10-11H2,1-3H3. The molecule has 0 aromatic carbocycles. The zero-order valence-corrected chi connectivity index (χ0v) is 14.0. The van der Waals surface area contributed by atoms with Gasteiger partial charge in [0.2, 0.25) is 5.88 Å². The van der Waals surface area contributed by atoms with Gasteiger partial charge >= 0.3 is 0 Å². The van der Waals surface area contributed by atoms with Crippen molar-refractivity contribution in [2.45, 2.75) is 39.5 Å². The smallest absolute Gasteiger partial charge is 0.259 e. The van der Waals surface area contributed by atoms with E-state index in [4.69, 9.17) is 9.26 Å². The van der Waals surface area contributed by atoms with Crippen molar-refractivity contribution in [3.8, 4) is 17.3 Å². The lowest BCUT2D eigenvalue weighted by molar-refractivity contribution is 0.125. The Morgan fingerprint density at radius 2 is 2.26 bits per heavy atom. The van der Waals surface area contributed by atoms with Gasteiger partial charge in [-0.25, -0.2) is 4.98 Å². The molecule has 124 valence electrons. The zero-order valence-electron chi connectivity index (χ0n) is 14.0. The second kappa shape index (κ2) is 6.66. The molecule has 3 rings (SSSR count). The molecule has 1 aliphatic heterocycles. The zero-order chi connectivity index (χ0) is 16.3. The summed E-state index contributed by atoms with van der Waals surface area (Å²) in [6.45, 7) is 9.08. The van der Waals surface area contributed by atoms with Gasteiger partial charge in [-0.1, -0.05) is 25.9 Å². The predicted molar refractivity (Wildman–Crippen MR) is 87.3 cm³/mol. The van der Waals surface area contributed by atoms with E-state index in [1.807, 2.05) is 26.0 Å². The first-order valence-electron chi connectivity index (χ1n) is 8.19. The molecule has 0 radical (unpaired) electrons. The minimum absolute atomic E-state index is 0.178. The van der Waals surface area contributed by atoms with E-state index in [9.17, 15) is 0 Å². The summed E-state index contributed by atoms with van der Waals surface area (Å²) in [5.74, 6) is 2.08. The quantitative estimate of drug-likeness (QED) is 0.914. The Kier molecular flexibility index (Phi) is 4.61. The molecule has 2 aromatic heterocycles. The van der Waals surface area contributed by atoms with E-state index in [2.05, 4.69) is 27.4 Å². The monoisotopic (exact) mass is 316 g/mol. The fourth-order valence-electron chi connectivity index (χ4n) is 2.67. The molecule has 0 saturated carbocycles. The summed E-state index contributed by atoms with van der Waals surface area (Å²) in [6.07, 6.45) is 4.09. The van der Waals surface area contributed by atoms with Crippen molar-refractivity contribution in [2.24, 2.45) is 5.41 Å². The summed E-state index contributed by atoms with van der Waals surface area (Å²) in [5.41, 5.74) is 0.986. The Labute approximate surface area is 136 Å². The average Bonchev–Trinajstić information content (AvgIpc) is 3.05. The van der Waals surface area contributed by atoms with Gasteiger partial charge in [0.05, 0.1) is 12.2 Å². The van der Waals surface area contributed by atoms with Gasteiger partial charge < -0.3 is 14.6 Å². The van der Waals surface area contributed by atoms with Crippen molar-refractivity contribution < 1.29 is 9.26 Å². The maximum absolute atomic E-state index is 5.87. The first kappa shape index (κ1) is 15.9. The highest BCUT2D eigenvalue weighted by atomic mass is 16.5. The van der Waals surface area contributed by atoms with Crippen LogP contribution in [0.25, 0.3) is 11.5 Å². The second-order valence-corrected chi connectivity index (χ2v) is 6.88. The van der Waals surface area contributed by atoms with E-state index in [0.29, 0.717) is 24.2 Å². The van der Waals surface area contributed by atoms with Crippen molar-refractivity contribution in [1.29, 1.82) is 0 Å². The molecule has 6 heteroatoms. The summed E-state index contributed by atoms with van der Waals surface area (Å²) in [6, 6.07) is 3.76. The molecule has 1 atom stereocenters. The summed E-state index contributed by atoms with van der Waals surface area (Å²) in [4.78, 5) is 8.73. The number of rotatable bonds is 5. The second-order valence-electron chi connectivity index (χ2n) is 6.88. The largest absolute Gasteiger partial charge is 0.477 e. The summed E-state index contributed by atoms with van der Waals surface area (Å²) in [5, 5.41) is 7.39. The van der Waals surface area contributed by atoms with Crippen LogP contribution in [0.4, 0.5) is 0 Å². The SMILES string of the molecule is CC(C)c1noc(-c2ccc(OCC3(C)CCCNC3)nc2)n1. The molecular weight excluding hydrogens is 292 g/mol. The van der Waals surface area contributed by atoms with Crippen LogP contribution in [0.5, 0.6) is 5.88 Å². The highest BCUT2D eigenvalue weighted by molar-refractivity contribution is 5.51. The average molecular weight is 316 g/mol. The summed E-state index contributed by atoms with van der Waals surface area (Å²) in [7, 11) is 0. The maximum Gasteiger partial charge on any atom is 0.259 e. The van der Waals surface area contributed by atoms with Crippen LogP contribution in [0.3, 0.4) is 0 Å². The van der Waals surface area contributed by atoms with Crippen molar-refractivity contribution >= 4 is 0 Å². The third-order valence-corrected chi connectivity index (χ3v) is 4.20. The van der Waals surface area contributed by atoms with Crippen LogP contribution in [0.1, 0.15) is 45.4 Å². The highest BCUT2D eigenvalue weighted by Crippen LogP contribution is 2.27. The van der Waals surface area contributed by atoms with Crippen LogP contribution >= 0.6 is 0 Å². The maximum atomic E-state index is 5.87. The molecule has 2 aromatic rings. The molecule has 1 N–H and O–H groups in total. The van der Waals surface area contributed by atoms with Crippen LogP contribution in [0.2, 0.25) is 0 Å². The first-order valence-corrected chi connectivity index (χ1v) is 8.19. The van der Waals surface area contributed by atoms with E-state index >= 15 is 0 Å². The van der Waals surface area contributed by atoms with Gasteiger partial charge in [0.25, 0.3) is 5.89 Å². The van der Waals surface area contributed by atoms with Crippen LogP contribution < -0.4 is 10.1 Å². The number of nitrogens with zero attached hydrogens (tertiary/aromatic N) is 3. The molecule has 1 unspecified atom stereocenters. The van der Waals surface area contributed by atoms with Crippen LogP contribution in [0.15, 0.2) is 22.9 Å². The predicted octanol–water partition coefficient (Wildman–Crippen LogP) is 3.02. The molecule has 1 aliphatic rings. The van der Waals surface area contributed by atoms with Gasteiger partial charge in [-0.2, -0.15) is 4.98 Å². The van der Waals surface area contributed by atoms with Crippen LogP contribution in [0, 0.1) is 5.41 Å². The molecule has 0 bridgehead atoms. The van der Waals surface area contributed by atoms with Gasteiger partial charge in [-0.3, -0.25) is 0 Å². The van der Waals surface area contributed by atoms with Crippen LogP contribution in [-0.2, 0) is 0 Å². The number of piperidine rings is 1. The van der Waals surface area contributed by atoms with Crippen molar-refractivity contribution in [1.82, 2.24) is 20.4 Å². The Morgan fingerprint density at radius 3 is 2.87 bits per heavy atom. The highest BCUT2D eigenvalue weighted by Gasteiger charge is 2.27. The molecule has 6 nitrogen and oxygen atoms in total. The Hall–Kier alpha value is -1.95. The molecule has 0 amide bonds. The molecule has 0 aliphatic carbocycles. The molecular formula is C17H24N4O2. The lowest BCUT2D eigenvalue weighted by Gasteiger charge is -2.33. The third kappa shape index (κ3) is 3.88. The fourth-order valence-corrected chi connectivity index (χ4v) is 2.67. The van der Waals surface area contributed by atoms with Crippen LogP contribution in [-0.4, -0.2) is 34.8 Å². The number of nitrogens with one attached hydrogen (secondary N) is 1. The Bertz CT molecular complexity index is 630.